The highest BCUT2D eigenvalue weighted by atomic mass is 32.2. The Bertz CT molecular complexity index is 243. The maximum atomic E-state index is 11.9. The smallest absolute Gasteiger partial charge is 0.239 e. The fraction of sp³-hybridized carbons (Fsp3) is 0.909. The maximum absolute atomic E-state index is 11.9. The Balaban J connectivity index is 2.06. The number of hydrogen-bond acceptors (Lipinski definition) is 3. The van der Waals surface area contributed by atoms with E-state index in [1.54, 1.807) is 6.92 Å². The number of thioether (sulfide) groups is 1. The van der Waals surface area contributed by atoms with Crippen molar-refractivity contribution in [2.24, 2.45) is 5.73 Å². The predicted molar refractivity (Wildman–Crippen MR) is 63.9 cm³/mol. The van der Waals surface area contributed by atoms with Crippen LogP contribution in [0, 0.1) is 0 Å². The molecule has 0 radical (unpaired) electrons. The van der Waals surface area contributed by atoms with Crippen molar-refractivity contribution in [3.05, 3.63) is 0 Å². The van der Waals surface area contributed by atoms with Gasteiger partial charge >= 0.3 is 0 Å². The Morgan fingerprint density at radius 1 is 1.47 bits per heavy atom. The van der Waals surface area contributed by atoms with Gasteiger partial charge in [0.05, 0.1) is 6.04 Å². The van der Waals surface area contributed by atoms with Crippen LogP contribution < -0.4 is 5.73 Å². The van der Waals surface area contributed by atoms with Gasteiger partial charge in [-0.25, -0.2) is 0 Å². The Hall–Kier alpha value is -0.220. The minimum atomic E-state index is -0.337. The Kier molecular flexibility index (Phi) is 3.57. The maximum Gasteiger partial charge on any atom is 0.239 e. The highest BCUT2D eigenvalue weighted by Crippen LogP contribution is 2.35. The van der Waals surface area contributed by atoms with Crippen molar-refractivity contribution in [3.63, 3.8) is 0 Å². The molecule has 1 saturated heterocycles. The van der Waals surface area contributed by atoms with E-state index >= 15 is 0 Å². The van der Waals surface area contributed by atoms with Crippen molar-refractivity contribution in [3.8, 4) is 0 Å². The summed E-state index contributed by atoms with van der Waals surface area (Å²) < 4.78 is 0. The van der Waals surface area contributed by atoms with Crippen molar-refractivity contribution in [1.82, 2.24) is 4.90 Å². The first-order valence-corrected chi connectivity index (χ1v) is 6.92. The average molecular weight is 228 g/mol. The molecule has 2 rings (SSSR count). The lowest BCUT2D eigenvalue weighted by Gasteiger charge is -2.44. The van der Waals surface area contributed by atoms with Gasteiger partial charge in [-0.3, -0.25) is 4.79 Å². The summed E-state index contributed by atoms with van der Waals surface area (Å²) in [5.74, 6) is 1.23. The lowest BCUT2D eigenvalue weighted by atomic mass is 9.93. The SMILES string of the molecule is C[C@H](N)C(=O)N1CCSC2CCCCC21. The number of nitrogens with zero attached hydrogens (tertiary/aromatic N) is 1. The largest absolute Gasteiger partial charge is 0.336 e. The Morgan fingerprint density at radius 2 is 2.20 bits per heavy atom. The van der Waals surface area contributed by atoms with E-state index in [2.05, 4.69) is 0 Å². The predicted octanol–water partition coefficient (Wildman–Crippen LogP) is 1.22. The monoisotopic (exact) mass is 228 g/mol. The van der Waals surface area contributed by atoms with Gasteiger partial charge in [0.25, 0.3) is 0 Å². The molecule has 2 unspecified atom stereocenters. The lowest BCUT2D eigenvalue weighted by Crippen LogP contribution is -2.55. The highest BCUT2D eigenvalue weighted by Gasteiger charge is 2.36. The van der Waals surface area contributed by atoms with Crippen molar-refractivity contribution in [2.75, 3.05) is 12.3 Å². The number of amides is 1. The molecule has 1 aliphatic heterocycles. The van der Waals surface area contributed by atoms with E-state index < -0.39 is 0 Å². The third-order valence-corrected chi connectivity index (χ3v) is 4.80. The van der Waals surface area contributed by atoms with Crippen LogP contribution in [0.5, 0.6) is 0 Å². The quantitative estimate of drug-likeness (QED) is 0.734. The molecule has 1 saturated carbocycles. The third-order valence-electron chi connectivity index (χ3n) is 3.40. The molecular formula is C11H20N2OS. The zero-order valence-corrected chi connectivity index (χ0v) is 10.1. The molecule has 2 N–H and O–H groups in total. The average Bonchev–Trinajstić information content (AvgIpc) is 2.27. The summed E-state index contributed by atoms with van der Waals surface area (Å²) >= 11 is 2.05. The fourth-order valence-electron chi connectivity index (χ4n) is 2.63. The molecule has 4 heteroatoms. The molecule has 0 aromatic rings. The molecule has 2 fully saturated rings. The van der Waals surface area contributed by atoms with Gasteiger partial charge in [0, 0.05) is 23.6 Å². The molecule has 15 heavy (non-hydrogen) atoms. The van der Waals surface area contributed by atoms with Gasteiger partial charge in [-0.1, -0.05) is 12.8 Å². The van der Waals surface area contributed by atoms with Gasteiger partial charge < -0.3 is 10.6 Å². The molecule has 0 aromatic carbocycles. The molecule has 1 aliphatic carbocycles. The number of rotatable bonds is 1. The van der Waals surface area contributed by atoms with Crippen LogP contribution in [0.1, 0.15) is 32.6 Å². The van der Waals surface area contributed by atoms with Gasteiger partial charge in [-0.2, -0.15) is 11.8 Å². The van der Waals surface area contributed by atoms with E-state index in [-0.39, 0.29) is 11.9 Å². The van der Waals surface area contributed by atoms with Gasteiger partial charge in [-0.15, -0.1) is 0 Å². The standard InChI is InChI=1S/C11H20N2OS/c1-8(12)11(14)13-6-7-15-10-5-3-2-4-9(10)13/h8-10H,2-7,12H2,1H3/t8-,9?,10?/m0/s1. The van der Waals surface area contributed by atoms with E-state index in [1.165, 1.54) is 25.7 Å². The summed E-state index contributed by atoms with van der Waals surface area (Å²) in [6.45, 7) is 2.69. The Labute approximate surface area is 95.8 Å². The van der Waals surface area contributed by atoms with Crippen LogP contribution in [0.25, 0.3) is 0 Å². The molecule has 1 amide bonds. The topological polar surface area (TPSA) is 46.3 Å². The second-order valence-electron chi connectivity index (χ2n) is 4.58. The van der Waals surface area contributed by atoms with E-state index in [4.69, 9.17) is 5.73 Å². The molecule has 86 valence electrons. The van der Waals surface area contributed by atoms with E-state index in [0.717, 1.165) is 12.3 Å². The number of carbonyl (C=O) groups excluding carboxylic acids is 1. The zero-order chi connectivity index (χ0) is 10.8. The first-order valence-electron chi connectivity index (χ1n) is 5.88. The van der Waals surface area contributed by atoms with Crippen molar-refractivity contribution in [2.45, 2.75) is 49.9 Å². The van der Waals surface area contributed by atoms with Gasteiger partial charge in [0.15, 0.2) is 0 Å². The van der Waals surface area contributed by atoms with Gasteiger partial charge in [0.1, 0.15) is 0 Å². The summed E-state index contributed by atoms with van der Waals surface area (Å²) in [6, 6.07) is 0.131. The van der Waals surface area contributed by atoms with Crippen LogP contribution in [-0.4, -0.2) is 40.4 Å². The zero-order valence-electron chi connectivity index (χ0n) is 9.32. The minimum absolute atomic E-state index is 0.146. The number of hydrogen-bond donors (Lipinski definition) is 1. The van der Waals surface area contributed by atoms with E-state index in [1.807, 2.05) is 16.7 Å². The summed E-state index contributed by atoms with van der Waals surface area (Å²) in [5.41, 5.74) is 5.69. The summed E-state index contributed by atoms with van der Waals surface area (Å²) in [4.78, 5) is 14.0. The minimum Gasteiger partial charge on any atom is -0.336 e. The number of fused-ring (bicyclic) bond motifs is 1. The van der Waals surface area contributed by atoms with E-state index in [9.17, 15) is 4.79 Å². The normalized spacial score (nSPS) is 33.3. The molecule has 3 atom stereocenters. The van der Waals surface area contributed by atoms with Crippen LogP contribution in [0.2, 0.25) is 0 Å². The molecule has 2 aliphatic rings. The van der Waals surface area contributed by atoms with E-state index in [0.29, 0.717) is 11.3 Å². The van der Waals surface area contributed by atoms with Crippen LogP contribution in [0.4, 0.5) is 0 Å². The molecule has 0 spiro atoms. The van der Waals surface area contributed by atoms with Gasteiger partial charge in [0.2, 0.25) is 5.91 Å². The highest BCUT2D eigenvalue weighted by molar-refractivity contribution is 8.00. The van der Waals surface area contributed by atoms with Crippen LogP contribution in [0.3, 0.4) is 0 Å². The molecule has 0 bridgehead atoms. The molecular weight excluding hydrogens is 208 g/mol. The van der Waals surface area contributed by atoms with Crippen molar-refractivity contribution in [1.29, 1.82) is 0 Å². The molecule has 0 aromatic heterocycles. The van der Waals surface area contributed by atoms with Crippen LogP contribution in [-0.2, 0) is 4.79 Å². The molecule has 3 nitrogen and oxygen atoms in total. The lowest BCUT2D eigenvalue weighted by molar-refractivity contribution is -0.135. The second kappa shape index (κ2) is 4.74. The Morgan fingerprint density at radius 3 is 2.93 bits per heavy atom. The van der Waals surface area contributed by atoms with Crippen molar-refractivity contribution < 1.29 is 4.79 Å². The first kappa shape index (κ1) is 11.3. The first-order chi connectivity index (χ1) is 7.20. The second-order valence-corrected chi connectivity index (χ2v) is 5.93. The summed E-state index contributed by atoms with van der Waals surface area (Å²) in [5, 5.41) is 0.676. The van der Waals surface area contributed by atoms with Crippen molar-refractivity contribution >= 4 is 17.7 Å². The molecule has 1 heterocycles. The van der Waals surface area contributed by atoms with Gasteiger partial charge in [-0.05, 0) is 19.8 Å². The summed E-state index contributed by atoms with van der Waals surface area (Å²) in [6.07, 6.45) is 5.05. The summed E-state index contributed by atoms with van der Waals surface area (Å²) in [7, 11) is 0. The number of nitrogens with two attached hydrogens (primary N) is 1. The van der Waals surface area contributed by atoms with Crippen LogP contribution >= 0.6 is 11.8 Å². The fourth-order valence-corrected chi connectivity index (χ4v) is 4.08. The number of carbonyl (C=O) groups is 1. The van der Waals surface area contributed by atoms with Crippen LogP contribution in [0.15, 0.2) is 0 Å². The third kappa shape index (κ3) is 2.31.